The first-order valence-corrected chi connectivity index (χ1v) is 26.3. The summed E-state index contributed by atoms with van der Waals surface area (Å²) in [5.41, 5.74) is 4.90. The molecule has 0 heterocycles. The molecule has 65 heavy (non-hydrogen) atoms. The van der Waals surface area contributed by atoms with Crippen LogP contribution in [-0.4, -0.2) is 10.2 Å². The van der Waals surface area contributed by atoms with E-state index in [4.69, 9.17) is 3.32 Å². The van der Waals surface area contributed by atoms with E-state index in [2.05, 4.69) is 91.8 Å². The number of aryl methyl sites for hydroxylation is 4. The third-order valence-electron chi connectivity index (χ3n) is 11.4. The number of para-hydroxylation sites is 2. The van der Waals surface area contributed by atoms with Crippen molar-refractivity contribution in [3.63, 3.8) is 0 Å². The van der Waals surface area contributed by atoms with Crippen molar-refractivity contribution in [2.45, 2.75) is 209 Å². The minimum absolute atomic E-state index is 0. The molecular weight excluding hydrogens is 864 g/mol. The Labute approximate surface area is 428 Å². The van der Waals surface area contributed by atoms with E-state index in [1.54, 1.807) is 12.1 Å². The van der Waals surface area contributed by atoms with Crippen LogP contribution in [0.25, 0.3) is 0 Å². The summed E-state index contributed by atoms with van der Waals surface area (Å²) in [4.78, 5) is 0. The van der Waals surface area contributed by atoms with Crippen LogP contribution >= 0.6 is 0 Å². The molecule has 0 amide bonds. The van der Waals surface area contributed by atoms with Gasteiger partial charge in [-0.25, -0.2) is 0 Å². The Kier molecular flexibility index (Phi) is 46.7. The van der Waals surface area contributed by atoms with Crippen molar-refractivity contribution in [3.05, 3.63) is 131 Å². The van der Waals surface area contributed by atoms with Gasteiger partial charge in [0.25, 0.3) is 0 Å². The molecule has 360 valence electrons. The van der Waals surface area contributed by atoms with Gasteiger partial charge in [0.1, 0.15) is 11.5 Å². The summed E-state index contributed by atoms with van der Waals surface area (Å²) < 4.78 is 8.25. The molecule has 3 nitrogen and oxygen atoms in total. The van der Waals surface area contributed by atoms with E-state index in [1.165, 1.54) is 152 Å². The van der Waals surface area contributed by atoms with Gasteiger partial charge in [-0.05, 0) is 72.6 Å². The first-order valence-electron chi connectivity index (χ1n) is 25.6. The molecule has 0 fully saturated rings. The minimum Gasteiger partial charge on any atom is 0 e. The molecule has 0 spiro atoms. The fraction of sp³-hybridized carbons (Fsp3) is 0.600. The van der Waals surface area contributed by atoms with Gasteiger partial charge in [0.2, 0.25) is 0 Å². The number of aromatic hydroxyl groups is 2. The van der Waals surface area contributed by atoms with Gasteiger partial charge in [-0.3, -0.25) is 0 Å². The Morgan fingerprint density at radius 1 is 0.369 bits per heavy atom. The number of rotatable bonds is 28. The van der Waals surface area contributed by atoms with Gasteiger partial charge >= 0.3 is 23.7 Å². The topological polar surface area (TPSA) is 57.5 Å². The maximum absolute atomic E-state index is 9.59. The standard InChI is InChI=1S/2C15H24O.2C15H23.O.2Ti/c2*1-13(2)9-5-3-4-6-10-14-11-7-8-12-15(14)16;2*1-14(2)10-6-3-4-7-11-15-12-8-5-9-13-15;;;/h2*7-8,11-13,16H,3-6,9-10H2,1-2H3;2*5,8-9,12,14H,3-4,6-7,10-11H2,1-2H3;;;/q;;2*-1;;;+2. The van der Waals surface area contributed by atoms with Crippen molar-refractivity contribution in [2.24, 2.45) is 23.7 Å². The first-order chi connectivity index (χ1) is 31.0. The van der Waals surface area contributed by atoms with E-state index in [0.717, 1.165) is 68.0 Å². The van der Waals surface area contributed by atoms with Crippen molar-refractivity contribution in [3.8, 4) is 11.5 Å². The number of hydrogen-bond acceptors (Lipinski definition) is 3. The van der Waals surface area contributed by atoms with Gasteiger partial charge < -0.3 is 10.2 Å². The summed E-state index contributed by atoms with van der Waals surface area (Å²) >= 11 is 0.750. The summed E-state index contributed by atoms with van der Waals surface area (Å²) in [5, 5.41) is 19.2. The maximum atomic E-state index is 9.59. The quantitative estimate of drug-likeness (QED) is 0.0339. The third kappa shape index (κ3) is 42.8. The molecule has 0 saturated carbocycles. The molecule has 0 bridgehead atoms. The summed E-state index contributed by atoms with van der Waals surface area (Å²) in [6.07, 6.45) is 31.1. The number of phenolic OH excluding ortho intramolecular Hbond substituents is 2. The molecule has 0 atom stereocenters. The average molecular weight is 959 g/mol. The normalized spacial score (nSPS) is 10.5. The third-order valence-corrected chi connectivity index (χ3v) is 11.4. The molecule has 0 aromatic heterocycles. The largest absolute Gasteiger partial charge is 0 e. The van der Waals surface area contributed by atoms with E-state index in [0.29, 0.717) is 11.5 Å². The van der Waals surface area contributed by atoms with E-state index < -0.39 is 0 Å². The predicted molar refractivity (Wildman–Crippen MR) is 274 cm³/mol. The van der Waals surface area contributed by atoms with Gasteiger partial charge in [-0.1, -0.05) is 220 Å². The summed E-state index contributed by atoms with van der Waals surface area (Å²) in [6.45, 7) is 18.3. The van der Waals surface area contributed by atoms with Crippen molar-refractivity contribution in [1.29, 1.82) is 0 Å². The minimum atomic E-state index is 0. The smallest absolute Gasteiger partial charge is 0 e. The zero-order valence-corrected chi connectivity index (χ0v) is 45.9. The summed E-state index contributed by atoms with van der Waals surface area (Å²) in [6, 6.07) is 38.5. The fourth-order valence-corrected chi connectivity index (χ4v) is 7.50. The van der Waals surface area contributed by atoms with Crippen molar-refractivity contribution < 1.29 is 55.7 Å². The molecule has 0 aliphatic rings. The second kappa shape index (κ2) is 46.8. The number of hydrogen-bond donors (Lipinski definition) is 2. The number of phenols is 2. The SMILES string of the molecule is CC(C)CCCCCCc1[c-]cccc1.CC(C)CCCCCCc1[c-]cccc1.CC(C)CCCCCCc1ccccc1O.CC(C)CCCCCCc1ccccc1O.[O]=[Ti+2].[Ti]. The Morgan fingerprint density at radius 3 is 0.892 bits per heavy atom. The Hall–Kier alpha value is -2.29. The van der Waals surface area contributed by atoms with E-state index in [1.807, 2.05) is 60.7 Å². The first kappa shape index (κ1) is 64.8. The molecule has 0 aliphatic heterocycles. The van der Waals surface area contributed by atoms with Crippen molar-refractivity contribution in [2.75, 3.05) is 0 Å². The fourth-order valence-electron chi connectivity index (χ4n) is 7.50. The molecule has 0 radical (unpaired) electrons. The number of benzene rings is 4. The Bertz CT molecular complexity index is 1440. The molecule has 0 unspecified atom stereocenters. The molecule has 4 aromatic carbocycles. The second-order valence-corrected chi connectivity index (χ2v) is 19.4. The van der Waals surface area contributed by atoms with Crippen molar-refractivity contribution in [1.82, 2.24) is 0 Å². The monoisotopic (exact) mass is 959 g/mol. The summed E-state index contributed by atoms with van der Waals surface area (Å²) in [7, 11) is 0. The zero-order valence-electron chi connectivity index (χ0n) is 42.8. The van der Waals surface area contributed by atoms with Crippen LogP contribution in [0, 0.1) is 35.8 Å². The second-order valence-electron chi connectivity index (χ2n) is 19.4. The Balaban J connectivity index is 0. The van der Waals surface area contributed by atoms with Crippen LogP contribution in [-0.2, 0) is 71.1 Å². The molecule has 4 rings (SSSR count). The van der Waals surface area contributed by atoms with Crippen LogP contribution in [0.5, 0.6) is 11.5 Å². The van der Waals surface area contributed by atoms with E-state index >= 15 is 0 Å². The van der Waals surface area contributed by atoms with Crippen LogP contribution in [0.1, 0.15) is 206 Å². The average Bonchev–Trinajstić information content (AvgIpc) is 3.28. The molecule has 2 N–H and O–H groups in total. The van der Waals surface area contributed by atoms with Crippen LogP contribution in [0.3, 0.4) is 0 Å². The Morgan fingerprint density at radius 2 is 0.631 bits per heavy atom. The number of unbranched alkanes of at least 4 members (excludes halogenated alkanes) is 12. The maximum Gasteiger partial charge on any atom is 0 e. The van der Waals surface area contributed by atoms with Gasteiger partial charge in [0.15, 0.2) is 0 Å². The van der Waals surface area contributed by atoms with E-state index in [9.17, 15) is 10.2 Å². The van der Waals surface area contributed by atoms with Crippen LogP contribution in [0.4, 0.5) is 0 Å². The molecule has 0 saturated heterocycles. The van der Waals surface area contributed by atoms with Crippen molar-refractivity contribution >= 4 is 0 Å². The molecule has 0 aliphatic carbocycles. The van der Waals surface area contributed by atoms with Gasteiger partial charge in [0.05, 0.1) is 0 Å². The van der Waals surface area contributed by atoms with E-state index in [-0.39, 0.29) is 21.7 Å². The molecule has 4 aromatic rings. The van der Waals surface area contributed by atoms with Crippen LogP contribution < -0.4 is 0 Å². The van der Waals surface area contributed by atoms with Gasteiger partial charge in [0, 0.05) is 21.7 Å². The zero-order chi connectivity index (χ0) is 47.5. The predicted octanol–water partition coefficient (Wildman–Crippen LogP) is 18.2. The van der Waals surface area contributed by atoms with Crippen LogP contribution in [0.15, 0.2) is 97.1 Å². The van der Waals surface area contributed by atoms with Gasteiger partial charge in [-0.2, -0.15) is 71.8 Å². The molecular formula is C60H94O3Ti2. The van der Waals surface area contributed by atoms with Crippen LogP contribution in [0.2, 0.25) is 0 Å². The molecule has 5 heteroatoms. The van der Waals surface area contributed by atoms with Gasteiger partial charge in [-0.15, -0.1) is 0 Å². The summed E-state index contributed by atoms with van der Waals surface area (Å²) in [5.74, 6) is 4.30.